The first-order valence-electron chi connectivity index (χ1n) is 8.60. The minimum Gasteiger partial charge on any atom is -0.360 e. The molecule has 1 fully saturated rings. The maximum atomic E-state index is 13.2. The van der Waals surface area contributed by atoms with Crippen LogP contribution in [0.3, 0.4) is 0 Å². The van der Waals surface area contributed by atoms with Crippen LogP contribution in [0.15, 0.2) is 46.5 Å². The van der Waals surface area contributed by atoms with Crippen molar-refractivity contribution in [1.82, 2.24) is 10.1 Å². The molecular weight excluding hydrogens is 300 g/mol. The molecule has 4 heteroatoms. The van der Waals surface area contributed by atoms with Gasteiger partial charge in [0, 0.05) is 18.7 Å². The van der Waals surface area contributed by atoms with Crippen LogP contribution in [0.5, 0.6) is 0 Å². The summed E-state index contributed by atoms with van der Waals surface area (Å²) in [5.41, 5.74) is 3.65. The molecule has 0 saturated carbocycles. The van der Waals surface area contributed by atoms with E-state index in [9.17, 15) is 4.79 Å². The molecule has 2 atom stereocenters. The van der Waals surface area contributed by atoms with E-state index < -0.39 is 0 Å². The second kappa shape index (κ2) is 5.93. The van der Waals surface area contributed by atoms with Crippen molar-refractivity contribution in [3.8, 4) is 11.3 Å². The van der Waals surface area contributed by atoms with Gasteiger partial charge in [-0.25, -0.2) is 0 Å². The highest BCUT2D eigenvalue weighted by Crippen LogP contribution is 2.37. The van der Waals surface area contributed by atoms with E-state index in [1.807, 2.05) is 42.2 Å². The lowest BCUT2D eigenvalue weighted by atomic mass is 9.83. The minimum absolute atomic E-state index is 0.0552. The van der Waals surface area contributed by atoms with E-state index in [1.54, 1.807) is 0 Å². The summed E-state index contributed by atoms with van der Waals surface area (Å²) >= 11 is 0. The lowest BCUT2D eigenvalue weighted by Crippen LogP contribution is -2.29. The van der Waals surface area contributed by atoms with Crippen LogP contribution >= 0.6 is 0 Å². The third-order valence-corrected chi connectivity index (χ3v) is 5.34. The molecule has 0 radical (unpaired) electrons. The number of allylic oxidation sites excluding steroid dienone is 2. The quantitative estimate of drug-likeness (QED) is 0.783. The van der Waals surface area contributed by atoms with Crippen molar-refractivity contribution in [3.63, 3.8) is 0 Å². The predicted octanol–water partition coefficient (Wildman–Crippen LogP) is 4.08. The number of hydrogen-bond donors (Lipinski definition) is 0. The molecular formula is C20H22N2O2. The van der Waals surface area contributed by atoms with Gasteiger partial charge in [-0.05, 0) is 38.5 Å². The third-order valence-electron chi connectivity index (χ3n) is 5.34. The van der Waals surface area contributed by atoms with Gasteiger partial charge in [0.25, 0.3) is 5.91 Å². The fourth-order valence-corrected chi connectivity index (χ4v) is 4.03. The summed E-state index contributed by atoms with van der Waals surface area (Å²) in [7, 11) is 0. The molecule has 2 aromatic rings. The molecule has 124 valence electrons. The van der Waals surface area contributed by atoms with E-state index in [-0.39, 0.29) is 5.91 Å². The van der Waals surface area contributed by atoms with Gasteiger partial charge in [0.1, 0.15) is 17.0 Å². The molecule has 1 aliphatic heterocycles. The van der Waals surface area contributed by atoms with E-state index in [4.69, 9.17) is 4.52 Å². The normalized spacial score (nSPS) is 23.1. The molecule has 2 aliphatic rings. The van der Waals surface area contributed by atoms with Crippen molar-refractivity contribution in [2.24, 2.45) is 11.8 Å². The van der Waals surface area contributed by atoms with Crippen LogP contribution in [0.4, 0.5) is 0 Å². The van der Waals surface area contributed by atoms with Gasteiger partial charge >= 0.3 is 0 Å². The number of aryl methyl sites for hydroxylation is 1. The number of carbonyl (C=O) groups is 1. The van der Waals surface area contributed by atoms with Crippen LogP contribution in [-0.4, -0.2) is 29.1 Å². The number of nitrogens with zero attached hydrogens (tertiary/aromatic N) is 2. The maximum absolute atomic E-state index is 13.2. The largest absolute Gasteiger partial charge is 0.360 e. The fourth-order valence-electron chi connectivity index (χ4n) is 4.03. The summed E-state index contributed by atoms with van der Waals surface area (Å²) in [6.45, 7) is 5.69. The molecule has 1 aromatic heterocycles. The van der Waals surface area contributed by atoms with Gasteiger partial charge in [-0.1, -0.05) is 47.1 Å². The zero-order chi connectivity index (χ0) is 16.7. The number of benzene rings is 1. The summed E-state index contributed by atoms with van der Waals surface area (Å²) in [6, 6.07) is 9.79. The van der Waals surface area contributed by atoms with Gasteiger partial charge in [0.2, 0.25) is 0 Å². The van der Waals surface area contributed by atoms with Gasteiger partial charge in [-0.3, -0.25) is 4.79 Å². The first-order valence-corrected chi connectivity index (χ1v) is 8.60. The average molecular weight is 322 g/mol. The first kappa shape index (κ1) is 15.2. The Bertz CT molecular complexity index is 791. The van der Waals surface area contributed by atoms with E-state index in [0.717, 1.165) is 31.5 Å². The van der Waals surface area contributed by atoms with Crippen molar-refractivity contribution in [2.75, 3.05) is 13.1 Å². The Labute approximate surface area is 142 Å². The summed E-state index contributed by atoms with van der Waals surface area (Å²) in [6.07, 6.45) is 4.53. The van der Waals surface area contributed by atoms with Crippen molar-refractivity contribution in [3.05, 3.63) is 53.3 Å². The number of likely N-dealkylation sites (tertiary alicyclic amines) is 1. The average Bonchev–Trinajstić information content (AvgIpc) is 3.18. The van der Waals surface area contributed by atoms with E-state index in [2.05, 4.69) is 18.2 Å². The summed E-state index contributed by atoms with van der Waals surface area (Å²) in [5.74, 6) is 1.85. The molecule has 1 saturated heterocycles. The molecule has 1 aromatic carbocycles. The third kappa shape index (κ3) is 2.56. The van der Waals surface area contributed by atoms with Crippen LogP contribution < -0.4 is 0 Å². The summed E-state index contributed by atoms with van der Waals surface area (Å²) in [4.78, 5) is 15.2. The first-order chi connectivity index (χ1) is 11.6. The summed E-state index contributed by atoms with van der Waals surface area (Å²) in [5, 5.41) is 4.15. The Balaban J connectivity index is 1.61. The molecule has 4 rings (SSSR count). The van der Waals surface area contributed by atoms with Gasteiger partial charge in [-0.15, -0.1) is 0 Å². The predicted molar refractivity (Wildman–Crippen MR) is 92.6 cm³/mol. The lowest BCUT2D eigenvalue weighted by molar-refractivity contribution is 0.0783. The highest BCUT2D eigenvalue weighted by Gasteiger charge is 2.38. The van der Waals surface area contributed by atoms with Crippen LogP contribution in [-0.2, 0) is 0 Å². The molecule has 1 aliphatic carbocycles. The van der Waals surface area contributed by atoms with E-state index >= 15 is 0 Å². The summed E-state index contributed by atoms with van der Waals surface area (Å²) < 4.78 is 5.36. The number of aromatic nitrogens is 1. The Morgan fingerprint density at radius 2 is 1.92 bits per heavy atom. The number of rotatable bonds is 2. The van der Waals surface area contributed by atoms with E-state index in [0.29, 0.717) is 28.9 Å². The molecule has 4 nitrogen and oxygen atoms in total. The van der Waals surface area contributed by atoms with Crippen LogP contribution in [0.25, 0.3) is 11.3 Å². The number of fused-ring (bicyclic) bond motifs is 1. The number of amides is 1. The zero-order valence-electron chi connectivity index (χ0n) is 14.2. The molecule has 2 heterocycles. The second-order valence-corrected chi connectivity index (χ2v) is 7.05. The molecule has 1 amide bonds. The van der Waals surface area contributed by atoms with Crippen molar-refractivity contribution in [1.29, 1.82) is 0 Å². The number of hydrogen-bond acceptors (Lipinski definition) is 3. The van der Waals surface area contributed by atoms with E-state index in [1.165, 1.54) is 5.57 Å². The van der Waals surface area contributed by atoms with Crippen LogP contribution in [0.2, 0.25) is 0 Å². The SMILES string of the molecule is CC1=CC[C@H]2CN(C(=O)c3c(-c4ccccc4)noc3C)C[C@H]2C1. The fraction of sp³-hybridized carbons (Fsp3) is 0.400. The van der Waals surface area contributed by atoms with Crippen molar-refractivity contribution < 1.29 is 9.32 Å². The smallest absolute Gasteiger partial charge is 0.259 e. The molecule has 0 bridgehead atoms. The lowest BCUT2D eigenvalue weighted by Gasteiger charge is -2.21. The maximum Gasteiger partial charge on any atom is 0.259 e. The topological polar surface area (TPSA) is 46.3 Å². The molecule has 0 unspecified atom stereocenters. The molecule has 24 heavy (non-hydrogen) atoms. The highest BCUT2D eigenvalue weighted by atomic mass is 16.5. The van der Waals surface area contributed by atoms with Crippen LogP contribution in [0, 0.1) is 18.8 Å². The Morgan fingerprint density at radius 3 is 2.71 bits per heavy atom. The van der Waals surface area contributed by atoms with Crippen LogP contribution in [0.1, 0.15) is 35.9 Å². The Morgan fingerprint density at radius 1 is 1.17 bits per heavy atom. The monoisotopic (exact) mass is 322 g/mol. The van der Waals surface area contributed by atoms with Gasteiger partial charge in [0.05, 0.1) is 0 Å². The Hall–Kier alpha value is -2.36. The van der Waals surface area contributed by atoms with Gasteiger partial charge in [0.15, 0.2) is 0 Å². The highest BCUT2D eigenvalue weighted by molar-refractivity contribution is 6.01. The van der Waals surface area contributed by atoms with Crippen molar-refractivity contribution in [2.45, 2.75) is 26.7 Å². The van der Waals surface area contributed by atoms with Crippen molar-refractivity contribution >= 4 is 5.91 Å². The number of carbonyl (C=O) groups excluding carboxylic acids is 1. The molecule has 0 N–H and O–H groups in total. The second-order valence-electron chi connectivity index (χ2n) is 7.05. The zero-order valence-corrected chi connectivity index (χ0v) is 14.2. The van der Waals surface area contributed by atoms with Gasteiger partial charge in [-0.2, -0.15) is 0 Å². The molecule has 0 spiro atoms. The Kier molecular flexibility index (Phi) is 3.75. The minimum atomic E-state index is 0.0552. The van der Waals surface area contributed by atoms with Gasteiger partial charge < -0.3 is 9.42 Å². The standard InChI is InChI=1S/C20H22N2O2/c1-13-8-9-16-11-22(12-17(16)10-13)20(23)18-14(2)24-21-19(18)15-6-4-3-5-7-15/h3-8,16-17H,9-12H2,1-2H3/t16-,17+/m0/s1.